The third-order valence-corrected chi connectivity index (χ3v) is 14.5. The van der Waals surface area contributed by atoms with Crippen molar-refractivity contribution in [2.45, 2.75) is 22.6 Å². The second kappa shape index (κ2) is 6.39. The zero-order chi connectivity index (χ0) is 12.9. The van der Waals surface area contributed by atoms with Crippen LogP contribution in [0.2, 0.25) is 0 Å². The Balaban J connectivity index is 0.000000807. The molecule has 0 aromatic heterocycles. The van der Waals surface area contributed by atoms with Crippen molar-refractivity contribution >= 4 is 14.0 Å². The largest absolute Gasteiger partial charge is 1.00 e. The standard InChI is InChI=1S/C17H17P.2FH.Zr/c1-2-13-18(15-8-4-5-9-15)17-12-11-14-7-3-6-10-16(14)17;;;/h3-4,6-8,10-12H,2,5,13H2,1H3;2*1H;/q;;;+2/p-2. The van der Waals surface area contributed by atoms with Gasteiger partial charge in [-0.2, -0.15) is 0 Å². The molecule has 0 bridgehead atoms. The van der Waals surface area contributed by atoms with Crippen molar-refractivity contribution in [3.63, 3.8) is 0 Å². The summed E-state index contributed by atoms with van der Waals surface area (Å²) < 4.78 is 2.41. The summed E-state index contributed by atoms with van der Waals surface area (Å²) in [5.74, 6) is 0. The zero-order valence-corrected chi connectivity index (χ0v) is 15.3. The van der Waals surface area contributed by atoms with E-state index in [4.69, 9.17) is 0 Å². The predicted octanol–water partition coefficient (Wildman–Crippen LogP) is -0.966. The van der Waals surface area contributed by atoms with Crippen LogP contribution in [-0.4, -0.2) is 6.16 Å². The van der Waals surface area contributed by atoms with Crippen LogP contribution in [0.25, 0.3) is 6.08 Å². The van der Waals surface area contributed by atoms with Crippen LogP contribution in [0.5, 0.6) is 0 Å². The van der Waals surface area contributed by atoms with Crippen molar-refractivity contribution in [2.75, 3.05) is 6.16 Å². The quantitative estimate of drug-likeness (QED) is 0.579. The van der Waals surface area contributed by atoms with Gasteiger partial charge in [-0.3, -0.25) is 0 Å². The molecule has 0 saturated heterocycles. The molecule has 0 nitrogen and oxygen atoms in total. The van der Waals surface area contributed by atoms with Crippen LogP contribution in [-0.2, 0) is 26.1 Å². The van der Waals surface area contributed by atoms with Gasteiger partial charge in [0.2, 0.25) is 0 Å². The van der Waals surface area contributed by atoms with Crippen molar-refractivity contribution in [1.29, 1.82) is 0 Å². The van der Waals surface area contributed by atoms with Crippen molar-refractivity contribution in [2.24, 2.45) is 0 Å². The summed E-state index contributed by atoms with van der Waals surface area (Å²) in [6, 6.07) is 9.14. The maximum absolute atomic E-state index is 2.61. The minimum Gasteiger partial charge on any atom is -1.00 e. The molecule has 108 valence electrons. The Kier molecular flexibility index (Phi) is 5.16. The van der Waals surface area contributed by atoms with Gasteiger partial charge < -0.3 is 9.41 Å². The molecule has 0 N–H and O–H groups in total. The van der Waals surface area contributed by atoms with E-state index in [-0.39, 0.29) is 17.3 Å². The Labute approximate surface area is 137 Å². The molecule has 4 rings (SSSR count). The third-order valence-electron chi connectivity index (χ3n) is 4.29. The number of rotatable bonds is 2. The molecule has 0 amide bonds. The Bertz CT molecular complexity index is 635. The number of benzene rings is 1. The molecule has 0 radical (unpaired) electrons. The van der Waals surface area contributed by atoms with E-state index >= 15 is 0 Å². The first kappa shape index (κ1) is 17.0. The first-order chi connectivity index (χ1) is 9.35. The molecule has 1 aromatic carbocycles. The summed E-state index contributed by atoms with van der Waals surface area (Å²) in [4.78, 5) is 0. The number of fused-ring (bicyclic) bond motifs is 2. The average Bonchev–Trinajstić information content (AvgIpc) is 3.09. The number of hydrogen-bond donors (Lipinski definition) is 0. The average molecular weight is 382 g/mol. The Morgan fingerprint density at radius 3 is 2.81 bits per heavy atom. The van der Waals surface area contributed by atoms with Gasteiger partial charge in [0.15, 0.2) is 0 Å². The molecule has 0 saturated carbocycles. The SMILES string of the molecule is CCCP1C2=[C](CC=C2)[Zr+2][C]12C=Cc1ccccc12.[F-].[F-]. The minimum absolute atomic E-state index is 0. The van der Waals surface area contributed by atoms with Gasteiger partial charge in [-0.15, -0.1) is 0 Å². The van der Waals surface area contributed by atoms with Crippen LogP contribution < -0.4 is 9.41 Å². The van der Waals surface area contributed by atoms with Gasteiger partial charge in [0.1, 0.15) is 0 Å². The molecule has 1 spiro atoms. The van der Waals surface area contributed by atoms with E-state index in [1.54, 1.807) is 10.9 Å². The molecule has 1 aliphatic heterocycles. The van der Waals surface area contributed by atoms with Gasteiger partial charge in [0.25, 0.3) is 0 Å². The fourth-order valence-electron chi connectivity index (χ4n) is 3.50. The third kappa shape index (κ3) is 2.38. The maximum Gasteiger partial charge on any atom is -1.00 e. The molecule has 2 atom stereocenters. The second-order valence-electron chi connectivity index (χ2n) is 5.43. The van der Waals surface area contributed by atoms with Gasteiger partial charge in [0, 0.05) is 0 Å². The molecular weight excluding hydrogens is 364 g/mol. The van der Waals surface area contributed by atoms with Crippen LogP contribution in [0, 0.1) is 0 Å². The van der Waals surface area contributed by atoms with Crippen molar-refractivity contribution in [3.05, 3.63) is 62.2 Å². The summed E-state index contributed by atoms with van der Waals surface area (Å²) >= 11 is -0.500. The van der Waals surface area contributed by atoms with Crippen molar-refractivity contribution in [3.8, 4) is 0 Å². The molecule has 1 aromatic rings. The summed E-state index contributed by atoms with van der Waals surface area (Å²) in [5, 5.41) is 1.80. The summed E-state index contributed by atoms with van der Waals surface area (Å²) in [6.07, 6.45) is 13.9. The minimum atomic E-state index is -0.500. The first-order valence-electron chi connectivity index (χ1n) is 7.09. The summed E-state index contributed by atoms with van der Waals surface area (Å²) in [6.45, 7) is 2.35. The number of hydrogen-bond acceptors (Lipinski definition) is 0. The molecule has 1 heterocycles. The van der Waals surface area contributed by atoms with Crippen LogP contribution in [0.3, 0.4) is 0 Å². The number of halogens is 2. The van der Waals surface area contributed by atoms with Gasteiger partial charge in [-0.05, 0) is 0 Å². The van der Waals surface area contributed by atoms with E-state index in [1.165, 1.54) is 24.6 Å². The van der Waals surface area contributed by atoms with Gasteiger partial charge in [0.05, 0.1) is 0 Å². The van der Waals surface area contributed by atoms with Crippen LogP contribution in [0.4, 0.5) is 0 Å². The fourth-order valence-corrected chi connectivity index (χ4v) is 14.8. The maximum atomic E-state index is 2.61. The summed E-state index contributed by atoms with van der Waals surface area (Å²) in [5.41, 5.74) is 3.17. The van der Waals surface area contributed by atoms with Crippen LogP contribution in [0.15, 0.2) is 51.1 Å². The Hall–Kier alpha value is -0.387. The zero-order valence-electron chi connectivity index (χ0n) is 11.9. The first-order valence-corrected chi connectivity index (χ1v) is 11.1. The Morgan fingerprint density at radius 2 is 2.00 bits per heavy atom. The Morgan fingerprint density at radius 1 is 1.19 bits per heavy atom. The van der Waals surface area contributed by atoms with Crippen LogP contribution >= 0.6 is 7.92 Å². The molecule has 21 heavy (non-hydrogen) atoms. The molecule has 2 unspecified atom stereocenters. The monoisotopic (exact) mass is 380 g/mol. The van der Waals surface area contributed by atoms with E-state index in [9.17, 15) is 0 Å². The number of allylic oxidation sites excluding steroid dienone is 5. The topological polar surface area (TPSA) is 0 Å². The van der Waals surface area contributed by atoms with E-state index in [0.29, 0.717) is 2.86 Å². The smallest absolute Gasteiger partial charge is 1.00 e. The molecule has 3 aliphatic rings. The molecule has 0 fully saturated rings. The molecule has 2 aliphatic carbocycles. The normalized spacial score (nSPS) is 26.8. The second-order valence-corrected chi connectivity index (χ2v) is 13.0. The van der Waals surface area contributed by atoms with E-state index in [0.717, 1.165) is 0 Å². The summed E-state index contributed by atoms with van der Waals surface area (Å²) in [7, 11) is 0.0240. The predicted molar refractivity (Wildman–Crippen MR) is 80.0 cm³/mol. The van der Waals surface area contributed by atoms with Gasteiger partial charge in [-0.25, -0.2) is 0 Å². The fraction of sp³-hybridized carbons (Fsp3) is 0.294. The van der Waals surface area contributed by atoms with E-state index in [2.05, 4.69) is 55.5 Å². The molecular formula is C17H17F2PZr. The molecule has 4 heteroatoms. The van der Waals surface area contributed by atoms with Gasteiger partial charge in [-0.1, -0.05) is 0 Å². The van der Waals surface area contributed by atoms with E-state index < -0.39 is 23.2 Å². The van der Waals surface area contributed by atoms with Crippen molar-refractivity contribution < 1.29 is 32.6 Å². The van der Waals surface area contributed by atoms with Gasteiger partial charge >= 0.3 is 128 Å². The van der Waals surface area contributed by atoms with Crippen LogP contribution in [0.1, 0.15) is 30.9 Å². The van der Waals surface area contributed by atoms with Crippen molar-refractivity contribution in [1.82, 2.24) is 0 Å². The van der Waals surface area contributed by atoms with E-state index in [1.807, 2.05) is 3.28 Å².